The van der Waals surface area contributed by atoms with E-state index in [1.165, 1.54) is 25.3 Å². The van der Waals surface area contributed by atoms with E-state index in [-0.39, 0.29) is 45.7 Å². The molecule has 1 aromatic rings. The second-order valence-corrected chi connectivity index (χ2v) is 3.45. The molecule has 1 rings (SSSR count). The number of rotatable bonds is 2. The number of methoxy groups -OCH3 is 1. The molecule has 7 heteroatoms. The van der Waals surface area contributed by atoms with Crippen LogP contribution < -0.4 is 34.3 Å². The van der Waals surface area contributed by atoms with Crippen molar-refractivity contribution in [1.82, 2.24) is 0 Å². The molecule has 0 fully saturated rings. The molecule has 2 N–H and O–H groups in total. The van der Waals surface area contributed by atoms with Gasteiger partial charge < -0.3 is 14.8 Å². The average Bonchev–Trinajstić information content (AvgIpc) is 2.03. The first-order chi connectivity index (χ1) is 5.55. The van der Waals surface area contributed by atoms with Gasteiger partial charge in [-0.1, -0.05) is 12.1 Å². The van der Waals surface area contributed by atoms with Gasteiger partial charge in [-0.05, 0) is 12.1 Å². The minimum absolute atomic E-state index is 0. The summed E-state index contributed by atoms with van der Waals surface area (Å²) in [5.41, 5.74) is 0. The topological polar surface area (TPSA) is 97.9 Å². The molecule has 1 aromatic carbocycles. The van der Waals surface area contributed by atoms with Crippen LogP contribution in [0.25, 0.3) is 0 Å². The molecule has 0 saturated carbocycles. The van der Waals surface area contributed by atoms with Crippen molar-refractivity contribution >= 4 is 10.1 Å². The van der Waals surface area contributed by atoms with E-state index in [0.717, 1.165) is 0 Å². The maximum atomic E-state index is 10.6. The Morgan fingerprint density at radius 3 is 2.14 bits per heavy atom. The van der Waals surface area contributed by atoms with Crippen molar-refractivity contribution in [2.24, 2.45) is 0 Å². The molecule has 0 bridgehead atoms. The first kappa shape index (κ1) is 16.3. The van der Waals surface area contributed by atoms with Gasteiger partial charge in [0.05, 0.1) is 12.0 Å². The molecule has 5 nitrogen and oxygen atoms in total. The molecule has 0 spiro atoms. The summed E-state index contributed by atoms with van der Waals surface area (Å²) in [4.78, 5) is -0.326. The Morgan fingerprint density at radius 2 is 1.79 bits per heavy atom. The maximum absolute atomic E-state index is 10.6. The Kier molecular flexibility index (Phi) is 7.45. The Morgan fingerprint density at radius 1 is 1.29 bits per heavy atom. The first-order valence-electron chi connectivity index (χ1n) is 3.14. The van der Waals surface area contributed by atoms with Crippen LogP contribution in [0.1, 0.15) is 0 Å². The van der Waals surface area contributed by atoms with Gasteiger partial charge in [0.25, 0.3) is 0 Å². The predicted molar refractivity (Wildman–Crippen MR) is 44.6 cm³/mol. The molecule has 0 atom stereocenters. The molecule has 0 radical (unpaired) electrons. The van der Waals surface area contributed by atoms with Crippen molar-refractivity contribution in [2.45, 2.75) is 4.90 Å². The monoisotopic (exact) mass is 228 g/mol. The van der Waals surface area contributed by atoms with Crippen molar-refractivity contribution < 1.29 is 52.7 Å². The van der Waals surface area contributed by atoms with Crippen molar-refractivity contribution in [1.29, 1.82) is 0 Å². The molecule has 74 valence electrons. The van der Waals surface area contributed by atoms with E-state index in [0.29, 0.717) is 0 Å². The number of para-hydroxylation sites is 1. The first-order valence-corrected chi connectivity index (χ1v) is 4.55. The number of benzene rings is 1. The van der Waals surface area contributed by atoms with Gasteiger partial charge >= 0.3 is 29.6 Å². The summed E-state index contributed by atoms with van der Waals surface area (Å²) in [7, 11) is -3.11. The Hall–Kier alpha value is -0.110. The molecule has 14 heavy (non-hydrogen) atoms. The van der Waals surface area contributed by atoms with E-state index in [1.807, 2.05) is 0 Å². The summed E-state index contributed by atoms with van der Waals surface area (Å²) in [5.74, 6) is 0.0764. The average molecular weight is 228 g/mol. The van der Waals surface area contributed by atoms with Gasteiger partial charge in [-0.3, -0.25) is 0 Å². The van der Waals surface area contributed by atoms with E-state index in [1.54, 1.807) is 6.07 Å². The molecule has 0 amide bonds. The molecule has 0 aliphatic rings. The van der Waals surface area contributed by atoms with E-state index in [4.69, 9.17) is 4.74 Å². The van der Waals surface area contributed by atoms with Crippen LogP contribution in [0.2, 0.25) is 0 Å². The summed E-state index contributed by atoms with van der Waals surface area (Å²) in [5, 5.41) is 0. The third-order valence-electron chi connectivity index (χ3n) is 1.34. The van der Waals surface area contributed by atoms with E-state index < -0.39 is 10.1 Å². The van der Waals surface area contributed by atoms with Gasteiger partial charge in [0, 0.05) is 0 Å². The van der Waals surface area contributed by atoms with Gasteiger partial charge in [-0.25, -0.2) is 8.42 Å². The summed E-state index contributed by atoms with van der Waals surface area (Å²) < 4.78 is 36.4. The van der Waals surface area contributed by atoms with Crippen LogP contribution in [-0.4, -0.2) is 25.6 Å². The molecule has 0 unspecified atom stereocenters. The van der Waals surface area contributed by atoms with Crippen molar-refractivity contribution in [3.8, 4) is 5.75 Å². The van der Waals surface area contributed by atoms with Crippen LogP contribution in [0.4, 0.5) is 0 Å². The number of ether oxygens (including phenoxy) is 1. The zero-order chi connectivity index (χ0) is 9.19. The van der Waals surface area contributed by atoms with Gasteiger partial charge in [0.2, 0.25) is 0 Å². The normalized spacial score (nSPS) is 9.57. The standard InChI is InChI=1S/C7H8O4S.Na.H2O/c1-11-6-4-2-3-5-7(6)12(8,9)10;;/h2-5H,1H3,(H,8,9,10);;1H2/q;+1;/p-1. The van der Waals surface area contributed by atoms with Gasteiger partial charge in [0.15, 0.2) is 0 Å². The van der Waals surface area contributed by atoms with Gasteiger partial charge in [0.1, 0.15) is 15.9 Å². The Bertz CT molecular complexity index is 375. The second-order valence-electron chi connectivity index (χ2n) is 2.10. The van der Waals surface area contributed by atoms with Crippen molar-refractivity contribution in [2.75, 3.05) is 7.11 Å². The van der Waals surface area contributed by atoms with Crippen molar-refractivity contribution in [3.05, 3.63) is 24.3 Å². The van der Waals surface area contributed by atoms with Crippen LogP contribution in [0.3, 0.4) is 0 Å². The Labute approximate surface area is 104 Å². The van der Waals surface area contributed by atoms with E-state index in [2.05, 4.69) is 0 Å². The number of hydrogen-bond acceptors (Lipinski definition) is 4. The molecule has 0 aromatic heterocycles. The summed E-state index contributed by atoms with van der Waals surface area (Å²) in [6.07, 6.45) is 0. The fourth-order valence-electron chi connectivity index (χ4n) is 0.825. The van der Waals surface area contributed by atoms with Crippen LogP contribution >= 0.6 is 0 Å². The summed E-state index contributed by atoms with van der Waals surface area (Å²) >= 11 is 0. The molecule has 0 saturated heterocycles. The third kappa shape index (κ3) is 3.95. The minimum Gasteiger partial charge on any atom is -0.744 e. The second kappa shape index (κ2) is 6.39. The number of hydrogen-bond donors (Lipinski definition) is 0. The zero-order valence-electron chi connectivity index (χ0n) is 7.85. The van der Waals surface area contributed by atoms with Crippen LogP contribution in [0, 0.1) is 0 Å². The molecular weight excluding hydrogens is 219 g/mol. The van der Waals surface area contributed by atoms with Crippen molar-refractivity contribution in [3.63, 3.8) is 0 Å². The molecule has 0 aliphatic heterocycles. The fourth-order valence-corrected chi connectivity index (χ4v) is 1.47. The fraction of sp³-hybridized carbons (Fsp3) is 0.143. The molecule has 0 heterocycles. The molecule has 0 aliphatic carbocycles. The zero-order valence-corrected chi connectivity index (χ0v) is 10.7. The SMILES string of the molecule is COc1ccccc1S(=O)(=O)[O-].O.[Na+]. The smallest absolute Gasteiger partial charge is 0.744 e. The Balaban J connectivity index is 0. The van der Waals surface area contributed by atoms with Gasteiger partial charge in [-0.15, -0.1) is 0 Å². The van der Waals surface area contributed by atoms with E-state index >= 15 is 0 Å². The predicted octanol–water partition coefficient (Wildman–Crippen LogP) is -3.22. The summed E-state index contributed by atoms with van der Waals surface area (Å²) in [6.45, 7) is 0. The molecular formula is C7H9NaO5S. The maximum Gasteiger partial charge on any atom is 1.00 e. The van der Waals surface area contributed by atoms with E-state index in [9.17, 15) is 13.0 Å². The largest absolute Gasteiger partial charge is 1.00 e. The van der Waals surface area contributed by atoms with Crippen LogP contribution in [-0.2, 0) is 10.1 Å². The minimum atomic E-state index is -4.42. The summed E-state index contributed by atoms with van der Waals surface area (Å²) in [6, 6.07) is 5.69. The third-order valence-corrected chi connectivity index (χ3v) is 2.21. The van der Waals surface area contributed by atoms with Crippen LogP contribution in [0.5, 0.6) is 5.75 Å². The quantitative estimate of drug-likeness (QED) is 0.392. The van der Waals surface area contributed by atoms with Gasteiger partial charge in [-0.2, -0.15) is 0 Å². The van der Waals surface area contributed by atoms with Crippen LogP contribution in [0.15, 0.2) is 29.2 Å².